The van der Waals surface area contributed by atoms with Crippen molar-refractivity contribution in [2.45, 2.75) is 26.3 Å². The minimum atomic E-state index is -0.623. The second-order valence-electron chi connectivity index (χ2n) is 4.75. The molecule has 0 saturated carbocycles. The first-order valence-electron chi connectivity index (χ1n) is 6.09. The van der Waals surface area contributed by atoms with Crippen molar-refractivity contribution in [3.05, 3.63) is 28.2 Å². The number of nitrogens with one attached hydrogen (secondary N) is 1. The first-order chi connectivity index (χ1) is 8.97. The molecule has 6 heteroatoms. The Morgan fingerprint density at radius 3 is 2.58 bits per heavy atom. The molecular formula is C13H15BrF2N2S. The molecule has 0 bridgehead atoms. The van der Waals surface area contributed by atoms with Crippen LogP contribution in [0.25, 0.3) is 0 Å². The number of thioether (sulfide) groups is 1. The molecular weight excluding hydrogens is 334 g/mol. The average molecular weight is 349 g/mol. The number of halogens is 3. The summed E-state index contributed by atoms with van der Waals surface area (Å²) in [5, 5.41) is 3.36. The van der Waals surface area contributed by atoms with Crippen LogP contribution >= 0.6 is 27.7 Å². The van der Waals surface area contributed by atoms with Gasteiger partial charge in [-0.1, -0.05) is 41.5 Å². The predicted molar refractivity (Wildman–Crippen MR) is 80.8 cm³/mol. The topological polar surface area (TPSA) is 24.4 Å². The van der Waals surface area contributed by atoms with Crippen LogP contribution in [-0.2, 0) is 0 Å². The fourth-order valence-electron chi connectivity index (χ4n) is 1.85. The normalized spacial score (nSPS) is 19.5. The Kier molecular flexibility index (Phi) is 4.84. The maximum Gasteiger partial charge on any atom is 0.161 e. The number of hydrogen-bond acceptors (Lipinski definition) is 3. The molecule has 2 rings (SSSR count). The molecule has 104 valence electrons. The van der Waals surface area contributed by atoms with Crippen molar-refractivity contribution in [1.29, 1.82) is 0 Å². The molecule has 0 fully saturated rings. The SMILES string of the molecule is CC(C)C1CCSC(Nc2c(F)cc(Br)cc2F)=N1. The number of rotatable bonds is 2. The van der Waals surface area contributed by atoms with Gasteiger partial charge in [0.2, 0.25) is 0 Å². The van der Waals surface area contributed by atoms with E-state index < -0.39 is 11.6 Å². The second kappa shape index (κ2) is 6.22. The summed E-state index contributed by atoms with van der Waals surface area (Å²) in [6.45, 7) is 4.20. The Morgan fingerprint density at radius 2 is 2.00 bits per heavy atom. The maximum absolute atomic E-state index is 13.7. The van der Waals surface area contributed by atoms with Crippen molar-refractivity contribution >= 4 is 38.5 Å². The van der Waals surface area contributed by atoms with Crippen molar-refractivity contribution in [3.63, 3.8) is 0 Å². The summed E-state index contributed by atoms with van der Waals surface area (Å²) in [7, 11) is 0. The van der Waals surface area contributed by atoms with Gasteiger partial charge in [-0.25, -0.2) is 8.78 Å². The fraction of sp³-hybridized carbons (Fsp3) is 0.462. The Morgan fingerprint density at radius 1 is 1.37 bits per heavy atom. The van der Waals surface area contributed by atoms with Gasteiger partial charge in [-0.2, -0.15) is 0 Å². The average Bonchev–Trinajstić information content (AvgIpc) is 2.34. The van der Waals surface area contributed by atoms with Crippen molar-refractivity contribution in [2.24, 2.45) is 10.9 Å². The van der Waals surface area contributed by atoms with E-state index in [-0.39, 0.29) is 11.7 Å². The lowest BCUT2D eigenvalue weighted by molar-refractivity contribution is 0.485. The van der Waals surface area contributed by atoms with Crippen LogP contribution < -0.4 is 5.32 Å². The molecule has 1 aromatic carbocycles. The van der Waals surface area contributed by atoms with E-state index in [0.29, 0.717) is 15.6 Å². The third-order valence-electron chi connectivity index (χ3n) is 2.94. The highest BCUT2D eigenvalue weighted by Crippen LogP contribution is 2.27. The highest BCUT2D eigenvalue weighted by molar-refractivity contribution is 9.10. The van der Waals surface area contributed by atoms with E-state index in [4.69, 9.17) is 0 Å². The summed E-state index contributed by atoms with van der Waals surface area (Å²) in [6, 6.07) is 2.68. The third-order valence-corrected chi connectivity index (χ3v) is 4.32. The molecule has 1 atom stereocenters. The Hall–Kier alpha value is -0.620. The summed E-state index contributed by atoms with van der Waals surface area (Å²) in [5.74, 6) is 0.0926. The summed E-state index contributed by atoms with van der Waals surface area (Å²) >= 11 is 4.55. The Labute approximate surface area is 124 Å². The molecule has 0 radical (unpaired) electrons. The molecule has 1 unspecified atom stereocenters. The van der Waals surface area contributed by atoms with E-state index in [1.165, 1.54) is 23.9 Å². The lowest BCUT2D eigenvalue weighted by atomic mass is 10.0. The minimum absolute atomic E-state index is 0.140. The van der Waals surface area contributed by atoms with E-state index in [0.717, 1.165) is 12.2 Å². The van der Waals surface area contributed by atoms with Gasteiger partial charge in [0.05, 0.1) is 6.04 Å². The zero-order valence-electron chi connectivity index (χ0n) is 10.7. The molecule has 0 saturated heterocycles. The molecule has 1 aliphatic rings. The van der Waals surface area contributed by atoms with E-state index in [2.05, 4.69) is 40.1 Å². The molecule has 1 heterocycles. The highest BCUT2D eigenvalue weighted by atomic mass is 79.9. The van der Waals surface area contributed by atoms with Crippen LogP contribution in [0.1, 0.15) is 20.3 Å². The quantitative estimate of drug-likeness (QED) is 0.840. The molecule has 2 nitrogen and oxygen atoms in total. The molecule has 0 aliphatic carbocycles. The standard InChI is InChI=1S/C13H15BrF2N2S/c1-7(2)11-3-4-19-13(17-11)18-12-9(15)5-8(14)6-10(12)16/h5-7,11H,3-4H2,1-2H3,(H,17,18). The van der Waals surface area contributed by atoms with Gasteiger partial charge in [0.1, 0.15) is 5.69 Å². The van der Waals surface area contributed by atoms with Gasteiger partial charge in [0, 0.05) is 10.2 Å². The molecule has 0 amide bonds. The van der Waals surface area contributed by atoms with Gasteiger partial charge in [0.25, 0.3) is 0 Å². The first kappa shape index (κ1) is 14.8. The van der Waals surface area contributed by atoms with Crippen LogP contribution in [0.3, 0.4) is 0 Å². The van der Waals surface area contributed by atoms with Gasteiger partial charge in [0.15, 0.2) is 16.8 Å². The van der Waals surface area contributed by atoms with Crippen LogP contribution in [-0.4, -0.2) is 17.0 Å². The van der Waals surface area contributed by atoms with E-state index in [1.54, 1.807) is 0 Å². The van der Waals surface area contributed by atoms with Gasteiger partial charge in [-0.05, 0) is 24.5 Å². The maximum atomic E-state index is 13.7. The summed E-state index contributed by atoms with van der Waals surface area (Å²) in [5.41, 5.74) is -0.140. The van der Waals surface area contributed by atoms with Gasteiger partial charge in [-0.15, -0.1) is 0 Å². The summed E-state index contributed by atoms with van der Waals surface area (Å²) in [6.07, 6.45) is 0.999. The summed E-state index contributed by atoms with van der Waals surface area (Å²) < 4.78 is 27.8. The van der Waals surface area contributed by atoms with Crippen LogP contribution in [0.2, 0.25) is 0 Å². The molecule has 0 spiro atoms. The van der Waals surface area contributed by atoms with Crippen molar-refractivity contribution in [1.82, 2.24) is 0 Å². The number of hydrogen-bond donors (Lipinski definition) is 1. The number of amidine groups is 1. The highest BCUT2D eigenvalue weighted by Gasteiger charge is 2.20. The monoisotopic (exact) mass is 348 g/mol. The smallest absolute Gasteiger partial charge is 0.161 e. The van der Waals surface area contributed by atoms with Gasteiger partial charge in [-0.3, -0.25) is 4.99 Å². The zero-order chi connectivity index (χ0) is 14.0. The molecule has 1 N–H and O–H groups in total. The Bertz CT molecular complexity index is 482. The third kappa shape index (κ3) is 3.69. The van der Waals surface area contributed by atoms with E-state index in [9.17, 15) is 8.78 Å². The second-order valence-corrected chi connectivity index (χ2v) is 6.75. The number of aliphatic imine (C=N–C) groups is 1. The van der Waals surface area contributed by atoms with Gasteiger partial charge < -0.3 is 5.32 Å². The minimum Gasteiger partial charge on any atom is -0.330 e. The molecule has 1 aliphatic heterocycles. The van der Waals surface area contributed by atoms with Crippen molar-refractivity contribution < 1.29 is 8.78 Å². The fourth-order valence-corrected chi connectivity index (χ4v) is 3.19. The Balaban J connectivity index is 2.22. The van der Waals surface area contributed by atoms with Crippen LogP contribution in [0, 0.1) is 17.6 Å². The number of nitrogens with zero attached hydrogens (tertiary/aromatic N) is 1. The van der Waals surface area contributed by atoms with Crippen LogP contribution in [0.15, 0.2) is 21.6 Å². The lowest BCUT2D eigenvalue weighted by Gasteiger charge is -2.23. The number of benzene rings is 1. The lowest BCUT2D eigenvalue weighted by Crippen LogP contribution is -2.24. The zero-order valence-corrected chi connectivity index (χ0v) is 13.1. The van der Waals surface area contributed by atoms with E-state index in [1.807, 2.05) is 0 Å². The predicted octanol–water partition coefficient (Wildman–Crippen LogP) is 4.66. The molecule has 1 aromatic rings. The first-order valence-corrected chi connectivity index (χ1v) is 7.87. The number of anilines is 1. The van der Waals surface area contributed by atoms with Crippen LogP contribution in [0.5, 0.6) is 0 Å². The van der Waals surface area contributed by atoms with Crippen molar-refractivity contribution in [3.8, 4) is 0 Å². The van der Waals surface area contributed by atoms with E-state index >= 15 is 0 Å². The van der Waals surface area contributed by atoms with Crippen LogP contribution in [0.4, 0.5) is 14.5 Å². The molecule has 0 aromatic heterocycles. The summed E-state index contributed by atoms with van der Waals surface area (Å²) in [4.78, 5) is 4.50. The largest absolute Gasteiger partial charge is 0.330 e. The molecule has 19 heavy (non-hydrogen) atoms. The van der Waals surface area contributed by atoms with Gasteiger partial charge >= 0.3 is 0 Å². The van der Waals surface area contributed by atoms with Crippen molar-refractivity contribution in [2.75, 3.05) is 11.1 Å².